The second kappa shape index (κ2) is 16.0. The molecule has 3 saturated carbocycles. The lowest BCUT2D eigenvalue weighted by Gasteiger charge is -2.44. The van der Waals surface area contributed by atoms with E-state index >= 15 is 0 Å². The number of fused-ring (bicyclic) bond motifs is 1. The lowest BCUT2D eigenvalue weighted by molar-refractivity contribution is 0.0862. The van der Waals surface area contributed by atoms with Gasteiger partial charge in [-0.3, -0.25) is 0 Å². The first-order valence-corrected chi connectivity index (χ1v) is 16.7. The van der Waals surface area contributed by atoms with Crippen molar-refractivity contribution in [3.05, 3.63) is 47.6 Å². The highest BCUT2D eigenvalue weighted by Crippen LogP contribution is 2.59. The van der Waals surface area contributed by atoms with E-state index in [1.807, 2.05) is 0 Å². The van der Waals surface area contributed by atoms with Crippen LogP contribution in [0, 0.1) is 29.1 Å². The van der Waals surface area contributed by atoms with Crippen LogP contribution < -0.4 is 0 Å². The number of rotatable bonds is 14. The molecule has 3 unspecified atom stereocenters. The number of aliphatic hydroxyl groups is 2. The number of allylic oxidation sites excluding steroid dienone is 5. The minimum Gasteiger partial charge on any atom is -0.393 e. The van der Waals surface area contributed by atoms with Crippen LogP contribution in [0.25, 0.3) is 0 Å². The lowest BCUT2D eigenvalue weighted by Crippen LogP contribution is -2.35. The molecule has 0 aliphatic heterocycles. The van der Waals surface area contributed by atoms with Gasteiger partial charge in [-0.25, -0.2) is 0 Å². The monoisotopic (exact) mass is 598 g/mol. The number of aliphatic hydroxyl groups excluding tert-OH is 2. The molecule has 0 heterocycles. The third-order valence-corrected chi connectivity index (χ3v) is 10.7. The van der Waals surface area contributed by atoms with Crippen LogP contribution in [0.3, 0.4) is 0 Å². The van der Waals surface area contributed by atoms with Crippen LogP contribution in [0.5, 0.6) is 0 Å². The van der Waals surface area contributed by atoms with Gasteiger partial charge in [0.05, 0.1) is 26.4 Å². The van der Waals surface area contributed by atoms with E-state index in [9.17, 15) is 19.3 Å². The Morgan fingerprint density at radius 2 is 1.70 bits per heavy atom. The summed E-state index contributed by atoms with van der Waals surface area (Å²) in [6.07, 6.45) is 15.7. The Kier molecular flexibility index (Phi) is 13.3. The van der Waals surface area contributed by atoms with Gasteiger partial charge in [0.1, 0.15) is 13.2 Å². The van der Waals surface area contributed by atoms with E-state index in [0.717, 1.165) is 24.0 Å². The molecule has 3 rings (SSSR count). The summed E-state index contributed by atoms with van der Waals surface area (Å²) in [5.74, 6) is 1.58. The number of hydrogen-bond acceptors (Lipinski definition) is 8. The molecule has 0 aromatic carbocycles. The molecule has 0 spiro atoms. The molecular weight excluding hydrogens is 550 g/mol. The van der Waals surface area contributed by atoms with Crippen molar-refractivity contribution in [1.82, 2.24) is 0 Å². The van der Waals surface area contributed by atoms with Gasteiger partial charge in [0.15, 0.2) is 0 Å². The fourth-order valence-corrected chi connectivity index (χ4v) is 7.79. The summed E-state index contributed by atoms with van der Waals surface area (Å²) in [4.78, 5) is 0. The second-order valence-corrected chi connectivity index (χ2v) is 13.9. The van der Waals surface area contributed by atoms with Gasteiger partial charge in [-0.1, -0.05) is 50.3 Å². The standard InChI is InChI=1S/C30H48O8P2/c1-21(8-9-23(14-17-37-39(33)35-4)15-18-38-40(34)36-5)27-12-13-28-24(7-6-16-30(27,28)3)10-11-25-19-26(31)20-29(32)22(25)2/h8-11,21,23,26-29,31-32H,2,6-7,12-20H2,1,3-5H3/q+2/b9-8+,24-10+,25-11-/t21-,26-,27-,28?,29+,30-/m1/s1. The summed E-state index contributed by atoms with van der Waals surface area (Å²) in [5, 5.41) is 20.3. The second-order valence-electron chi connectivity index (χ2n) is 11.7. The van der Waals surface area contributed by atoms with Gasteiger partial charge < -0.3 is 10.2 Å². The van der Waals surface area contributed by atoms with Gasteiger partial charge in [-0.05, 0) is 91.6 Å². The van der Waals surface area contributed by atoms with Crippen LogP contribution in [0.4, 0.5) is 0 Å². The first kappa shape index (κ1) is 33.4. The molecule has 2 N–H and O–H groups in total. The Hall–Kier alpha value is -1.08. The summed E-state index contributed by atoms with van der Waals surface area (Å²) >= 11 is 0. The van der Waals surface area contributed by atoms with Crippen molar-refractivity contribution in [3.8, 4) is 0 Å². The van der Waals surface area contributed by atoms with E-state index in [1.54, 1.807) is 0 Å². The largest absolute Gasteiger partial charge is 0.697 e. The summed E-state index contributed by atoms with van der Waals surface area (Å²) < 4.78 is 43.0. The molecule has 3 fully saturated rings. The van der Waals surface area contributed by atoms with Crippen LogP contribution in [0.15, 0.2) is 47.6 Å². The first-order chi connectivity index (χ1) is 19.1. The molecule has 8 nitrogen and oxygen atoms in total. The summed E-state index contributed by atoms with van der Waals surface area (Å²) in [7, 11) is -1.51. The fraction of sp³-hybridized carbons (Fsp3) is 0.733. The minimum absolute atomic E-state index is 0.121. The molecule has 0 saturated heterocycles. The Balaban J connectivity index is 1.68. The molecule has 8 atom stereocenters. The van der Waals surface area contributed by atoms with Crippen LogP contribution in [-0.4, -0.2) is 49.9 Å². The van der Waals surface area contributed by atoms with E-state index < -0.39 is 28.7 Å². The maximum absolute atomic E-state index is 11.5. The molecule has 10 heteroatoms. The maximum atomic E-state index is 11.5. The van der Waals surface area contributed by atoms with Gasteiger partial charge in [-0.15, -0.1) is 18.1 Å². The zero-order valence-corrected chi connectivity index (χ0v) is 26.3. The van der Waals surface area contributed by atoms with Crippen molar-refractivity contribution in [2.75, 3.05) is 27.4 Å². The quantitative estimate of drug-likeness (QED) is 0.158. The van der Waals surface area contributed by atoms with Crippen molar-refractivity contribution in [3.63, 3.8) is 0 Å². The minimum atomic E-state index is -2.11. The molecule has 40 heavy (non-hydrogen) atoms. The zero-order valence-electron chi connectivity index (χ0n) is 24.5. The summed E-state index contributed by atoms with van der Waals surface area (Å²) in [6, 6.07) is 0. The van der Waals surface area contributed by atoms with Gasteiger partial charge >= 0.3 is 16.5 Å². The van der Waals surface area contributed by atoms with Crippen molar-refractivity contribution in [2.45, 2.75) is 83.8 Å². The van der Waals surface area contributed by atoms with Crippen LogP contribution >= 0.6 is 16.5 Å². The van der Waals surface area contributed by atoms with Gasteiger partial charge in [0.2, 0.25) is 0 Å². The van der Waals surface area contributed by atoms with Crippen molar-refractivity contribution in [2.24, 2.45) is 29.1 Å². The van der Waals surface area contributed by atoms with Crippen molar-refractivity contribution >= 4 is 16.5 Å². The maximum Gasteiger partial charge on any atom is 0.697 e. The Morgan fingerprint density at radius 1 is 1.05 bits per heavy atom. The fourth-order valence-electron chi connectivity index (χ4n) is 7.07. The third-order valence-electron chi connectivity index (χ3n) is 9.29. The van der Waals surface area contributed by atoms with E-state index in [1.165, 1.54) is 39.1 Å². The number of hydrogen-bond donors (Lipinski definition) is 2. The summed E-state index contributed by atoms with van der Waals surface area (Å²) in [5.41, 5.74) is 3.39. The highest BCUT2D eigenvalue weighted by atomic mass is 31.1. The van der Waals surface area contributed by atoms with E-state index in [0.29, 0.717) is 56.7 Å². The average molecular weight is 599 g/mol. The highest BCUT2D eigenvalue weighted by Gasteiger charge is 2.50. The van der Waals surface area contributed by atoms with E-state index in [-0.39, 0.29) is 11.3 Å². The Morgan fingerprint density at radius 3 is 2.33 bits per heavy atom. The third kappa shape index (κ3) is 8.96. The van der Waals surface area contributed by atoms with Gasteiger partial charge in [0.25, 0.3) is 0 Å². The molecule has 224 valence electrons. The molecule has 0 amide bonds. The van der Waals surface area contributed by atoms with Crippen LogP contribution in [-0.2, 0) is 27.2 Å². The van der Waals surface area contributed by atoms with Crippen molar-refractivity contribution < 1.29 is 37.4 Å². The predicted octanol–water partition coefficient (Wildman–Crippen LogP) is 7.36. The molecule has 0 bridgehead atoms. The van der Waals surface area contributed by atoms with Crippen molar-refractivity contribution in [1.29, 1.82) is 0 Å². The molecule has 3 aliphatic rings. The molecule has 0 aromatic rings. The van der Waals surface area contributed by atoms with Gasteiger partial charge in [-0.2, -0.15) is 0 Å². The lowest BCUT2D eigenvalue weighted by atomic mass is 9.61. The van der Waals surface area contributed by atoms with Crippen LogP contribution in [0.1, 0.15) is 71.6 Å². The topological polar surface area (TPSA) is 112 Å². The molecule has 0 radical (unpaired) electrons. The zero-order chi connectivity index (χ0) is 29.3. The molecule has 0 aromatic heterocycles. The molecule has 3 aliphatic carbocycles. The summed E-state index contributed by atoms with van der Waals surface area (Å²) in [6.45, 7) is 9.42. The normalized spacial score (nSPS) is 33.4. The Bertz CT molecular complexity index is 970. The smallest absolute Gasteiger partial charge is 0.393 e. The van der Waals surface area contributed by atoms with E-state index in [4.69, 9.17) is 18.1 Å². The Labute approximate surface area is 241 Å². The molecular formula is C30H48O8P2+2. The van der Waals surface area contributed by atoms with E-state index in [2.05, 4.69) is 44.7 Å². The van der Waals surface area contributed by atoms with Gasteiger partial charge in [0, 0.05) is 15.6 Å². The SMILES string of the molecule is C=C1/C(=C\C=C2/CCC[C@@]3(C)C2CC[C@@H]3[C@H](C)/C=C/C(CCO[P+](=O)OC)CCO[P+](=O)OC)C[C@@H](O)C[C@@H]1O. The first-order valence-electron chi connectivity index (χ1n) is 14.5. The highest BCUT2D eigenvalue weighted by molar-refractivity contribution is 7.33. The average Bonchev–Trinajstić information content (AvgIpc) is 3.29. The van der Waals surface area contributed by atoms with Crippen LogP contribution in [0.2, 0.25) is 0 Å². The predicted molar refractivity (Wildman–Crippen MR) is 157 cm³/mol.